The summed E-state index contributed by atoms with van der Waals surface area (Å²) in [6.45, 7) is 4.33. The van der Waals surface area contributed by atoms with E-state index in [4.69, 9.17) is 4.74 Å². The first-order chi connectivity index (χ1) is 10.9. The van der Waals surface area contributed by atoms with Crippen molar-refractivity contribution in [3.63, 3.8) is 0 Å². The lowest BCUT2D eigenvalue weighted by Gasteiger charge is -2.38. The predicted octanol–water partition coefficient (Wildman–Crippen LogP) is 3.18. The molecule has 0 radical (unpaired) electrons. The number of likely N-dealkylation sites (tertiary alicyclic amines) is 1. The summed E-state index contributed by atoms with van der Waals surface area (Å²) in [6, 6.07) is 4.80. The van der Waals surface area contributed by atoms with Crippen LogP contribution in [-0.2, 0) is 4.74 Å². The van der Waals surface area contributed by atoms with Crippen molar-refractivity contribution in [1.29, 1.82) is 0 Å². The standard InChI is InChI=1S/C17H20BrNO4/c1-11-17(3-6-23-7-4-17)2-5-19(11)15(20)12-8-13(16(21)22)10-14(18)9-12/h8-11H,2-7H2,1H3,(H,21,22). The topological polar surface area (TPSA) is 66.8 Å². The Labute approximate surface area is 143 Å². The number of carboxylic acid groups (broad SMARTS) is 1. The van der Waals surface area contributed by atoms with Crippen LogP contribution in [0.25, 0.3) is 0 Å². The van der Waals surface area contributed by atoms with Gasteiger partial charge in [-0.3, -0.25) is 4.79 Å². The first-order valence-electron chi connectivity index (χ1n) is 7.85. The molecular weight excluding hydrogens is 362 g/mol. The number of amides is 1. The van der Waals surface area contributed by atoms with Crippen LogP contribution in [-0.4, -0.2) is 47.7 Å². The van der Waals surface area contributed by atoms with E-state index in [0.717, 1.165) is 39.0 Å². The number of benzene rings is 1. The van der Waals surface area contributed by atoms with Gasteiger partial charge in [-0.15, -0.1) is 0 Å². The summed E-state index contributed by atoms with van der Waals surface area (Å²) in [4.78, 5) is 26.0. The lowest BCUT2D eigenvalue weighted by atomic mass is 9.74. The van der Waals surface area contributed by atoms with E-state index in [9.17, 15) is 14.7 Å². The SMILES string of the molecule is CC1N(C(=O)c2cc(Br)cc(C(=O)O)c2)CCC12CCOCC2. The van der Waals surface area contributed by atoms with Crippen molar-refractivity contribution in [1.82, 2.24) is 4.90 Å². The number of hydrogen-bond acceptors (Lipinski definition) is 3. The maximum atomic E-state index is 12.9. The van der Waals surface area contributed by atoms with Gasteiger partial charge >= 0.3 is 5.97 Å². The highest BCUT2D eigenvalue weighted by Gasteiger charge is 2.47. The average molecular weight is 382 g/mol. The van der Waals surface area contributed by atoms with Crippen molar-refractivity contribution in [2.24, 2.45) is 5.41 Å². The van der Waals surface area contributed by atoms with Gasteiger partial charge in [0.15, 0.2) is 0 Å². The van der Waals surface area contributed by atoms with Crippen molar-refractivity contribution in [3.05, 3.63) is 33.8 Å². The van der Waals surface area contributed by atoms with Crippen LogP contribution in [0.3, 0.4) is 0 Å². The summed E-state index contributed by atoms with van der Waals surface area (Å²) in [7, 11) is 0. The van der Waals surface area contributed by atoms with Gasteiger partial charge in [0.05, 0.1) is 5.56 Å². The zero-order valence-corrected chi connectivity index (χ0v) is 14.6. The van der Waals surface area contributed by atoms with Crippen LogP contribution < -0.4 is 0 Å². The van der Waals surface area contributed by atoms with Crippen LogP contribution in [0.5, 0.6) is 0 Å². The minimum atomic E-state index is -1.03. The highest BCUT2D eigenvalue weighted by atomic mass is 79.9. The van der Waals surface area contributed by atoms with E-state index in [1.165, 1.54) is 12.1 Å². The van der Waals surface area contributed by atoms with E-state index in [-0.39, 0.29) is 22.9 Å². The Hall–Kier alpha value is -1.40. The van der Waals surface area contributed by atoms with Gasteiger partial charge in [-0.1, -0.05) is 15.9 Å². The lowest BCUT2D eigenvalue weighted by Crippen LogP contribution is -2.43. The minimum absolute atomic E-state index is 0.0929. The molecule has 1 aromatic rings. The minimum Gasteiger partial charge on any atom is -0.478 e. The van der Waals surface area contributed by atoms with E-state index in [1.54, 1.807) is 6.07 Å². The molecular formula is C17H20BrNO4. The smallest absolute Gasteiger partial charge is 0.335 e. The van der Waals surface area contributed by atoms with Crippen molar-refractivity contribution < 1.29 is 19.4 Å². The van der Waals surface area contributed by atoms with Crippen LogP contribution in [0, 0.1) is 5.41 Å². The molecule has 1 unspecified atom stereocenters. The second-order valence-electron chi connectivity index (χ2n) is 6.43. The molecule has 1 atom stereocenters. The van der Waals surface area contributed by atoms with Gasteiger partial charge in [0, 0.05) is 35.8 Å². The van der Waals surface area contributed by atoms with E-state index in [2.05, 4.69) is 22.9 Å². The van der Waals surface area contributed by atoms with E-state index < -0.39 is 5.97 Å². The molecule has 1 aromatic carbocycles. The molecule has 0 saturated carbocycles. The van der Waals surface area contributed by atoms with Gasteiger partial charge in [-0.25, -0.2) is 4.79 Å². The number of ether oxygens (including phenoxy) is 1. The number of nitrogens with zero attached hydrogens (tertiary/aromatic N) is 1. The maximum absolute atomic E-state index is 12.9. The van der Waals surface area contributed by atoms with Crippen LogP contribution >= 0.6 is 15.9 Å². The van der Waals surface area contributed by atoms with E-state index in [0.29, 0.717) is 10.0 Å². The second kappa shape index (κ2) is 6.24. The highest BCUT2D eigenvalue weighted by molar-refractivity contribution is 9.10. The molecule has 1 N–H and O–H groups in total. The fraction of sp³-hybridized carbons (Fsp3) is 0.529. The highest BCUT2D eigenvalue weighted by Crippen LogP contribution is 2.45. The van der Waals surface area contributed by atoms with Gasteiger partial charge < -0.3 is 14.7 Å². The summed E-state index contributed by atoms with van der Waals surface area (Å²) in [6.07, 6.45) is 2.96. The number of carboxylic acids is 1. The Morgan fingerprint density at radius 2 is 1.87 bits per heavy atom. The van der Waals surface area contributed by atoms with E-state index in [1.807, 2.05) is 4.90 Å². The van der Waals surface area contributed by atoms with Crippen LogP contribution in [0.2, 0.25) is 0 Å². The number of rotatable bonds is 2. The Kier molecular flexibility index (Phi) is 4.47. The normalized spacial score (nSPS) is 23.2. The van der Waals surface area contributed by atoms with Crippen molar-refractivity contribution in [2.75, 3.05) is 19.8 Å². The van der Waals surface area contributed by atoms with Crippen molar-refractivity contribution in [3.8, 4) is 0 Å². The summed E-state index contributed by atoms with van der Waals surface area (Å²) >= 11 is 3.29. The Bertz CT molecular complexity index is 639. The van der Waals surface area contributed by atoms with Gasteiger partial charge in [0.2, 0.25) is 0 Å². The maximum Gasteiger partial charge on any atom is 0.335 e. The summed E-state index contributed by atoms with van der Waals surface area (Å²) in [5.74, 6) is -1.12. The summed E-state index contributed by atoms with van der Waals surface area (Å²) in [5.41, 5.74) is 0.693. The lowest BCUT2D eigenvalue weighted by molar-refractivity contribution is 0.000170. The van der Waals surface area contributed by atoms with Gasteiger partial charge in [-0.05, 0) is 49.8 Å². The second-order valence-corrected chi connectivity index (χ2v) is 7.35. The number of hydrogen-bond donors (Lipinski definition) is 1. The molecule has 23 heavy (non-hydrogen) atoms. The first kappa shape index (κ1) is 16.5. The molecule has 1 amide bonds. The Balaban J connectivity index is 1.85. The molecule has 124 valence electrons. The molecule has 2 saturated heterocycles. The molecule has 3 rings (SSSR count). The number of carbonyl (C=O) groups excluding carboxylic acids is 1. The Morgan fingerprint density at radius 1 is 1.22 bits per heavy atom. The monoisotopic (exact) mass is 381 g/mol. The summed E-state index contributed by atoms with van der Waals surface area (Å²) < 4.78 is 6.07. The molecule has 0 aromatic heterocycles. The predicted molar refractivity (Wildman–Crippen MR) is 88.7 cm³/mol. The molecule has 2 heterocycles. The Morgan fingerprint density at radius 3 is 2.52 bits per heavy atom. The zero-order valence-electron chi connectivity index (χ0n) is 13.0. The fourth-order valence-corrected chi connectivity index (χ4v) is 4.30. The van der Waals surface area contributed by atoms with Gasteiger partial charge in [-0.2, -0.15) is 0 Å². The van der Waals surface area contributed by atoms with Crippen molar-refractivity contribution >= 4 is 27.8 Å². The molecule has 1 spiro atoms. The molecule has 2 fully saturated rings. The van der Waals surface area contributed by atoms with Crippen LogP contribution in [0.1, 0.15) is 46.9 Å². The summed E-state index contributed by atoms with van der Waals surface area (Å²) in [5, 5.41) is 9.17. The number of halogens is 1. The molecule has 2 aliphatic heterocycles. The average Bonchev–Trinajstić information content (AvgIpc) is 2.83. The quantitative estimate of drug-likeness (QED) is 0.853. The van der Waals surface area contributed by atoms with Crippen molar-refractivity contribution in [2.45, 2.75) is 32.2 Å². The largest absolute Gasteiger partial charge is 0.478 e. The third kappa shape index (κ3) is 3.02. The molecule has 0 bridgehead atoms. The molecule has 2 aliphatic rings. The first-order valence-corrected chi connectivity index (χ1v) is 8.65. The van der Waals surface area contributed by atoms with E-state index >= 15 is 0 Å². The third-order valence-electron chi connectivity index (χ3n) is 5.35. The molecule has 5 nitrogen and oxygen atoms in total. The van der Waals surface area contributed by atoms with Crippen LogP contribution in [0.4, 0.5) is 0 Å². The number of aromatic carboxylic acids is 1. The van der Waals surface area contributed by atoms with Gasteiger partial charge in [0.25, 0.3) is 5.91 Å². The zero-order chi connectivity index (χ0) is 16.6. The number of carbonyl (C=O) groups is 2. The fourth-order valence-electron chi connectivity index (χ4n) is 3.80. The van der Waals surface area contributed by atoms with Crippen LogP contribution in [0.15, 0.2) is 22.7 Å². The van der Waals surface area contributed by atoms with Gasteiger partial charge in [0.1, 0.15) is 0 Å². The molecule has 6 heteroatoms. The third-order valence-corrected chi connectivity index (χ3v) is 5.80. The molecule has 0 aliphatic carbocycles.